The van der Waals surface area contributed by atoms with E-state index in [1.165, 1.54) is 19.2 Å². The predicted octanol–water partition coefficient (Wildman–Crippen LogP) is 3.27. The van der Waals surface area contributed by atoms with Crippen LogP contribution < -0.4 is 5.32 Å². The number of hydrogen-bond acceptors (Lipinski definition) is 6. The minimum absolute atomic E-state index is 0.324. The third kappa shape index (κ3) is 3.57. The number of halogens is 1. The first-order valence-corrected chi connectivity index (χ1v) is 7.16. The van der Waals surface area contributed by atoms with Gasteiger partial charge < -0.3 is 14.5 Å². The molecular weight excluding hydrogens is 313 g/mol. The first-order valence-electron chi connectivity index (χ1n) is 7.16. The molecule has 0 spiro atoms. The van der Waals surface area contributed by atoms with Crippen molar-refractivity contribution in [3.05, 3.63) is 65.8 Å². The molecule has 0 fully saturated rings. The number of carbonyl (C=O) groups is 1. The SMILES string of the molecule is COC(=O)c1ccc(NCc2nnc(-c3ccc(F)cc3)o2)cc1. The number of esters is 1. The fraction of sp³-hybridized carbons (Fsp3) is 0.118. The van der Waals surface area contributed by atoms with Crippen LogP contribution in [0.25, 0.3) is 11.5 Å². The monoisotopic (exact) mass is 327 g/mol. The zero-order valence-corrected chi connectivity index (χ0v) is 12.8. The van der Waals surface area contributed by atoms with E-state index in [0.29, 0.717) is 29.5 Å². The van der Waals surface area contributed by atoms with Crippen LogP contribution in [0, 0.1) is 5.82 Å². The predicted molar refractivity (Wildman–Crippen MR) is 84.8 cm³/mol. The summed E-state index contributed by atoms with van der Waals surface area (Å²) in [5.41, 5.74) is 1.92. The van der Waals surface area contributed by atoms with Crippen molar-refractivity contribution in [3.63, 3.8) is 0 Å². The van der Waals surface area contributed by atoms with E-state index in [4.69, 9.17) is 4.42 Å². The molecule has 0 bridgehead atoms. The number of nitrogens with one attached hydrogen (secondary N) is 1. The van der Waals surface area contributed by atoms with Gasteiger partial charge in [0.15, 0.2) is 0 Å². The van der Waals surface area contributed by atoms with Crippen LogP contribution in [0.15, 0.2) is 52.9 Å². The maximum absolute atomic E-state index is 12.9. The van der Waals surface area contributed by atoms with Crippen LogP contribution in [-0.2, 0) is 11.3 Å². The Labute approximate surface area is 137 Å². The molecule has 3 rings (SSSR count). The summed E-state index contributed by atoms with van der Waals surface area (Å²) in [6.45, 7) is 0.325. The number of aromatic nitrogens is 2. The lowest BCUT2D eigenvalue weighted by Gasteiger charge is -2.04. The smallest absolute Gasteiger partial charge is 0.337 e. The molecule has 0 aliphatic heterocycles. The minimum Gasteiger partial charge on any atom is -0.465 e. The molecular formula is C17H14FN3O3. The van der Waals surface area contributed by atoms with Crippen LogP contribution in [-0.4, -0.2) is 23.3 Å². The van der Waals surface area contributed by atoms with Crippen molar-refractivity contribution in [2.75, 3.05) is 12.4 Å². The highest BCUT2D eigenvalue weighted by Gasteiger charge is 2.09. The lowest BCUT2D eigenvalue weighted by molar-refractivity contribution is 0.0601. The van der Waals surface area contributed by atoms with Crippen LogP contribution in [0.4, 0.5) is 10.1 Å². The maximum Gasteiger partial charge on any atom is 0.337 e. The highest BCUT2D eigenvalue weighted by atomic mass is 19.1. The number of ether oxygens (including phenoxy) is 1. The number of hydrogen-bond donors (Lipinski definition) is 1. The van der Waals surface area contributed by atoms with Gasteiger partial charge in [0.1, 0.15) is 5.82 Å². The number of rotatable bonds is 5. The van der Waals surface area contributed by atoms with Gasteiger partial charge in [-0.1, -0.05) is 0 Å². The van der Waals surface area contributed by atoms with Crippen molar-refractivity contribution in [1.29, 1.82) is 0 Å². The zero-order chi connectivity index (χ0) is 16.9. The van der Waals surface area contributed by atoms with Crippen LogP contribution in [0.1, 0.15) is 16.2 Å². The van der Waals surface area contributed by atoms with E-state index in [9.17, 15) is 9.18 Å². The molecule has 0 aliphatic rings. The van der Waals surface area contributed by atoms with Gasteiger partial charge in [-0.15, -0.1) is 10.2 Å². The molecule has 0 saturated carbocycles. The van der Waals surface area contributed by atoms with E-state index in [0.717, 1.165) is 5.69 Å². The highest BCUT2D eigenvalue weighted by molar-refractivity contribution is 5.89. The van der Waals surface area contributed by atoms with Gasteiger partial charge in [0.2, 0.25) is 11.8 Å². The van der Waals surface area contributed by atoms with Crippen LogP contribution in [0.2, 0.25) is 0 Å². The van der Waals surface area contributed by atoms with E-state index < -0.39 is 0 Å². The van der Waals surface area contributed by atoms with Crippen molar-refractivity contribution in [2.45, 2.75) is 6.54 Å². The Morgan fingerprint density at radius 1 is 1.12 bits per heavy atom. The van der Waals surface area contributed by atoms with Gasteiger partial charge >= 0.3 is 5.97 Å². The standard InChI is InChI=1S/C17H14FN3O3/c1-23-17(22)12-4-8-14(9-5-12)19-10-15-20-21-16(24-15)11-2-6-13(18)7-3-11/h2-9,19H,10H2,1H3. The third-order valence-electron chi connectivity index (χ3n) is 3.31. The summed E-state index contributed by atoms with van der Waals surface area (Å²) in [6, 6.07) is 12.6. The average Bonchev–Trinajstić information content (AvgIpc) is 3.09. The highest BCUT2D eigenvalue weighted by Crippen LogP contribution is 2.19. The molecule has 1 N–H and O–H groups in total. The molecule has 6 nitrogen and oxygen atoms in total. The average molecular weight is 327 g/mol. The summed E-state index contributed by atoms with van der Waals surface area (Å²) in [4.78, 5) is 11.4. The Morgan fingerprint density at radius 3 is 2.50 bits per heavy atom. The molecule has 0 aliphatic carbocycles. The summed E-state index contributed by atoms with van der Waals surface area (Å²) < 4.78 is 23.1. The Bertz CT molecular complexity index is 829. The normalized spacial score (nSPS) is 10.4. The second-order valence-corrected chi connectivity index (χ2v) is 4.93. The van der Waals surface area contributed by atoms with E-state index in [2.05, 4.69) is 20.3 Å². The lowest BCUT2D eigenvalue weighted by Crippen LogP contribution is -2.02. The Balaban J connectivity index is 1.63. The molecule has 0 atom stereocenters. The van der Waals surface area contributed by atoms with Gasteiger partial charge in [-0.25, -0.2) is 9.18 Å². The number of methoxy groups -OCH3 is 1. The molecule has 7 heteroatoms. The van der Waals surface area contributed by atoms with E-state index in [1.54, 1.807) is 36.4 Å². The van der Waals surface area contributed by atoms with Crippen LogP contribution >= 0.6 is 0 Å². The quantitative estimate of drug-likeness (QED) is 0.725. The van der Waals surface area contributed by atoms with Gasteiger partial charge in [0.25, 0.3) is 0 Å². The van der Waals surface area contributed by atoms with Crippen molar-refractivity contribution in [3.8, 4) is 11.5 Å². The number of nitrogens with zero attached hydrogens (tertiary/aromatic N) is 2. The molecule has 3 aromatic rings. The second-order valence-electron chi connectivity index (χ2n) is 4.93. The summed E-state index contributed by atoms with van der Waals surface area (Å²) in [6.07, 6.45) is 0. The third-order valence-corrected chi connectivity index (χ3v) is 3.31. The first-order chi connectivity index (χ1) is 11.7. The molecule has 24 heavy (non-hydrogen) atoms. The van der Waals surface area contributed by atoms with E-state index in [-0.39, 0.29) is 11.8 Å². The topological polar surface area (TPSA) is 77.2 Å². The summed E-state index contributed by atoms with van der Waals surface area (Å²) >= 11 is 0. The molecule has 122 valence electrons. The molecule has 1 heterocycles. The largest absolute Gasteiger partial charge is 0.465 e. The fourth-order valence-electron chi connectivity index (χ4n) is 2.05. The van der Waals surface area contributed by atoms with Crippen LogP contribution in [0.3, 0.4) is 0 Å². The van der Waals surface area contributed by atoms with Gasteiger partial charge in [0, 0.05) is 11.3 Å². The Hall–Kier alpha value is -3.22. The van der Waals surface area contributed by atoms with Gasteiger partial charge in [-0.2, -0.15) is 0 Å². The molecule has 2 aromatic carbocycles. The molecule has 0 unspecified atom stereocenters. The Morgan fingerprint density at radius 2 is 1.83 bits per heavy atom. The van der Waals surface area contributed by atoms with E-state index >= 15 is 0 Å². The number of benzene rings is 2. The fourth-order valence-corrected chi connectivity index (χ4v) is 2.05. The molecule has 0 saturated heterocycles. The van der Waals surface area contributed by atoms with Gasteiger partial charge in [-0.05, 0) is 48.5 Å². The second kappa shape index (κ2) is 6.91. The van der Waals surface area contributed by atoms with Gasteiger partial charge in [-0.3, -0.25) is 0 Å². The maximum atomic E-state index is 12.9. The molecule has 0 radical (unpaired) electrons. The lowest BCUT2D eigenvalue weighted by atomic mass is 10.2. The minimum atomic E-state index is -0.387. The van der Waals surface area contributed by atoms with Crippen molar-refractivity contribution >= 4 is 11.7 Å². The summed E-state index contributed by atoms with van der Waals surface area (Å²) in [5, 5.41) is 11.0. The van der Waals surface area contributed by atoms with Crippen molar-refractivity contribution in [2.24, 2.45) is 0 Å². The van der Waals surface area contributed by atoms with Crippen LogP contribution in [0.5, 0.6) is 0 Å². The zero-order valence-electron chi connectivity index (χ0n) is 12.8. The summed E-state index contributed by atoms with van der Waals surface area (Å²) in [7, 11) is 1.34. The van der Waals surface area contributed by atoms with Crippen molar-refractivity contribution in [1.82, 2.24) is 10.2 Å². The van der Waals surface area contributed by atoms with Gasteiger partial charge in [0.05, 0.1) is 19.2 Å². The number of carbonyl (C=O) groups excluding carboxylic acids is 1. The molecule has 0 amide bonds. The number of anilines is 1. The first kappa shape index (κ1) is 15.7. The van der Waals surface area contributed by atoms with E-state index in [1.807, 2.05) is 0 Å². The summed E-state index contributed by atoms with van der Waals surface area (Å²) in [5.74, 6) is 0.0113. The Kier molecular flexibility index (Phi) is 4.51. The molecule has 1 aromatic heterocycles. The van der Waals surface area contributed by atoms with Crippen molar-refractivity contribution < 1.29 is 18.3 Å².